The molecule has 1 saturated heterocycles. The van der Waals surface area contributed by atoms with Crippen molar-refractivity contribution in [1.29, 1.82) is 0 Å². The van der Waals surface area contributed by atoms with E-state index in [1.165, 1.54) is 14.0 Å². The normalized spacial score (nSPS) is 21.4. The number of nitrogens with one attached hydrogen (secondary N) is 1. The molecule has 4 rings (SSSR count). The van der Waals surface area contributed by atoms with Gasteiger partial charge in [-0.3, -0.25) is 9.36 Å². The van der Waals surface area contributed by atoms with E-state index in [1.807, 2.05) is 13.0 Å². The van der Waals surface area contributed by atoms with Crippen LogP contribution in [0, 0.1) is 18.8 Å². The van der Waals surface area contributed by atoms with E-state index in [0.29, 0.717) is 23.3 Å². The standard InChI is InChI=1S/C21H27N6O6PS.C2H2/c1-12-9-15(32-19(12)27-11-23-16-17(27)24-21(22)25-18(16)30-3)10-31-34(35,26-13(2)20(28)29)33-14-7-5-4-6-8-14;1-2/h4-8,11-13,15,19H,9-10H2,1-3H3,(H,26,35)(H,28,29)(H2,22,24,25);1-2H/t12-,13?,15-,19+,34?;/m0./s1. The van der Waals surface area contributed by atoms with E-state index in [0.717, 1.165) is 0 Å². The zero-order valence-electron chi connectivity index (χ0n) is 20.6. The van der Waals surface area contributed by atoms with Gasteiger partial charge >= 0.3 is 12.6 Å². The molecule has 3 aromatic rings. The first-order valence-corrected chi connectivity index (χ1v) is 13.9. The van der Waals surface area contributed by atoms with E-state index in [1.54, 1.807) is 35.2 Å². The lowest BCUT2D eigenvalue weighted by molar-refractivity contribution is -0.138. The number of carboxylic acid groups (broad SMARTS) is 1. The van der Waals surface area contributed by atoms with Gasteiger partial charge in [-0.05, 0) is 37.3 Å². The monoisotopic (exact) mass is 548 g/mol. The van der Waals surface area contributed by atoms with E-state index < -0.39 is 18.7 Å². The fourth-order valence-electron chi connectivity index (χ4n) is 3.78. The highest BCUT2D eigenvalue weighted by molar-refractivity contribution is 8.09. The Balaban J connectivity index is 0.00000186. The van der Waals surface area contributed by atoms with Crippen molar-refractivity contribution in [3.63, 3.8) is 0 Å². The number of hydrogen-bond acceptors (Lipinski definition) is 10. The maximum absolute atomic E-state index is 11.4. The highest BCUT2D eigenvalue weighted by Crippen LogP contribution is 2.46. The fraction of sp³-hybridized carbons (Fsp3) is 0.391. The molecule has 2 unspecified atom stereocenters. The maximum Gasteiger partial charge on any atom is 0.320 e. The van der Waals surface area contributed by atoms with Crippen molar-refractivity contribution in [2.75, 3.05) is 19.5 Å². The third-order valence-corrected chi connectivity index (χ3v) is 7.95. The van der Waals surface area contributed by atoms with Crippen LogP contribution in [-0.2, 0) is 25.9 Å². The first-order chi connectivity index (χ1) is 17.7. The van der Waals surface area contributed by atoms with Gasteiger partial charge in [0.15, 0.2) is 11.2 Å². The summed E-state index contributed by atoms with van der Waals surface area (Å²) in [5.74, 6) is -0.139. The van der Waals surface area contributed by atoms with Crippen molar-refractivity contribution >= 4 is 41.5 Å². The number of aliphatic carboxylic acids is 1. The molecule has 0 saturated carbocycles. The Bertz CT molecular complexity index is 1290. The zero-order valence-corrected chi connectivity index (χ0v) is 22.3. The van der Waals surface area contributed by atoms with Gasteiger partial charge in [-0.2, -0.15) is 9.97 Å². The number of rotatable bonds is 10. The average Bonchev–Trinajstić information content (AvgIpc) is 3.46. The molecule has 1 aromatic carbocycles. The minimum atomic E-state index is -3.21. The number of ether oxygens (including phenoxy) is 2. The Labute approximate surface area is 219 Å². The average molecular weight is 549 g/mol. The summed E-state index contributed by atoms with van der Waals surface area (Å²) in [6, 6.07) is 7.93. The first-order valence-electron chi connectivity index (χ1n) is 11.2. The van der Waals surface area contributed by atoms with E-state index in [9.17, 15) is 9.90 Å². The summed E-state index contributed by atoms with van der Waals surface area (Å²) in [5, 5.41) is 12.2. The van der Waals surface area contributed by atoms with Gasteiger partial charge in [0.1, 0.15) is 18.0 Å². The lowest BCUT2D eigenvalue weighted by Gasteiger charge is -2.26. The number of nitrogens with two attached hydrogens (primary N) is 1. The first kappa shape index (κ1) is 28.3. The number of fused-ring (bicyclic) bond motifs is 1. The Kier molecular flexibility index (Phi) is 9.42. The summed E-state index contributed by atoms with van der Waals surface area (Å²) in [5.41, 5.74) is 6.82. The van der Waals surface area contributed by atoms with Crippen molar-refractivity contribution in [2.45, 2.75) is 38.6 Å². The Morgan fingerprint density at radius 1 is 1.38 bits per heavy atom. The van der Waals surface area contributed by atoms with Crippen LogP contribution in [0.15, 0.2) is 36.7 Å². The number of carboxylic acids is 1. The third kappa shape index (κ3) is 6.74. The Hall–Kier alpha value is -3.27. The molecular formula is C23H29N6O6PS. The molecule has 1 fully saturated rings. The summed E-state index contributed by atoms with van der Waals surface area (Å²) >= 11 is 5.63. The van der Waals surface area contributed by atoms with Crippen molar-refractivity contribution in [1.82, 2.24) is 24.6 Å². The smallest absolute Gasteiger partial charge is 0.320 e. The van der Waals surface area contributed by atoms with Crippen molar-refractivity contribution in [3.05, 3.63) is 36.7 Å². The third-order valence-electron chi connectivity index (χ3n) is 5.45. The van der Waals surface area contributed by atoms with Gasteiger partial charge in [0.2, 0.25) is 11.8 Å². The quantitative estimate of drug-likeness (QED) is 0.252. The highest BCUT2D eigenvalue weighted by atomic mass is 32.5. The fourth-order valence-corrected chi connectivity index (χ4v) is 6.23. The molecule has 0 spiro atoms. The highest BCUT2D eigenvalue weighted by Gasteiger charge is 2.37. The number of imidazole rings is 1. The SMILES string of the molecule is C#C.COc1nc(N)nc2c1ncn2[C@@H]1O[C@H](COP(=S)(NC(C)C(=O)O)Oc2ccccc2)C[C@@H]1C. The number of para-hydroxylation sites is 1. The van der Waals surface area contributed by atoms with Gasteiger partial charge in [-0.15, -0.1) is 12.8 Å². The second kappa shape index (κ2) is 12.3. The maximum atomic E-state index is 11.4. The van der Waals surface area contributed by atoms with Gasteiger partial charge < -0.3 is 29.4 Å². The molecule has 2 aromatic heterocycles. The molecule has 1 aliphatic heterocycles. The number of methoxy groups -OCH3 is 1. The Morgan fingerprint density at radius 3 is 2.73 bits per heavy atom. The Morgan fingerprint density at radius 2 is 2.08 bits per heavy atom. The van der Waals surface area contributed by atoms with Crippen LogP contribution in [-0.4, -0.2) is 56.5 Å². The summed E-state index contributed by atoms with van der Waals surface area (Å²) in [7, 11) is 1.49. The van der Waals surface area contributed by atoms with Crippen LogP contribution >= 0.6 is 6.64 Å². The van der Waals surface area contributed by atoms with Gasteiger partial charge in [0.05, 0.1) is 26.1 Å². The number of anilines is 1. The molecule has 1 aliphatic rings. The number of hydrogen-bond donors (Lipinski definition) is 3. The van der Waals surface area contributed by atoms with Crippen molar-refractivity contribution in [3.8, 4) is 24.5 Å². The largest absolute Gasteiger partial charge is 0.480 e. The molecule has 5 atom stereocenters. The van der Waals surface area contributed by atoms with E-state index >= 15 is 0 Å². The topological polar surface area (TPSA) is 156 Å². The van der Waals surface area contributed by atoms with Crippen LogP contribution in [0.2, 0.25) is 0 Å². The molecule has 0 radical (unpaired) electrons. The van der Waals surface area contributed by atoms with Gasteiger partial charge in [-0.25, -0.2) is 10.1 Å². The van der Waals surface area contributed by atoms with E-state index in [-0.39, 0.29) is 36.7 Å². The molecule has 198 valence electrons. The van der Waals surface area contributed by atoms with Crippen molar-refractivity contribution in [2.24, 2.45) is 5.92 Å². The summed E-state index contributed by atoms with van der Waals surface area (Å²) in [4.78, 5) is 24.2. The summed E-state index contributed by atoms with van der Waals surface area (Å²) < 4.78 is 25.3. The van der Waals surface area contributed by atoms with E-state index in [4.69, 9.17) is 36.1 Å². The molecule has 3 heterocycles. The summed E-state index contributed by atoms with van der Waals surface area (Å²) in [6.45, 7) is 0.423. The van der Waals surface area contributed by atoms with Gasteiger partial charge in [0, 0.05) is 5.92 Å². The lowest BCUT2D eigenvalue weighted by atomic mass is 10.1. The van der Waals surface area contributed by atoms with Crippen LogP contribution in [0.4, 0.5) is 5.95 Å². The molecule has 37 heavy (non-hydrogen) atoms. The molecule has 0 amide bonds. The van der Waals surface area contributed by atoms with Crippen LogP contribution in [0.5, 0.6) is 11.6 Å². The minimum Gasteiger partial charge on any atom is -0.480 e. The molecule has 12 nitrogen and oxygen atoms in total. The zero-order chi connectivity index (χ0) is 27.2. The van der Waals surface area contributed by atoms with Gasteiger partial charge in [-0.1, -0.05) is 25.1 Å². The second-order valence-electron chi connectivity index (χ2n) is 8.16. The number of nitrogens with zero attached hydrogens (tertiary/aromatic N) is 4. The molecule has 0 aliphatic carbocycles. The van der Waals surface area contributed by atoms with Crippen LogP contribution in [0.25, 0.3) is 11.2 Å². The van der Waals surface area contributed by atoms with E-state index in [2.05, 4.69) is 32.9 Å². The number of nitrogen functional groups attached to an aromatic ring is 1. The van der Waals surface area contributed by atoms with Crippen molar-refractivity contribution < 1.29 is 28.4 Å². The number of terminal acetylenes is 1. The van der Waals surface area contributed by atoms with Gasteiger partial charge in [0.25, 0.3) is 0 Å². The number of carbonyl (C=O) groups is 1. The molecule has 14 heteroatoms. The van der Waals surface area contributed by atoms with Crippen LogP contribution < -0.4 is 20.1 Å². The lowest BCUT2D eigenvalue weighted by Crippen LogP contribution is -2.34. The molecule has 0 bridgehead atoms. The second-order valence-corrected chi connectivity index (χ2v) is 11.3. The molecule has 4 N–H and O–H groups in total. The predicted molar refractivity (Wildman–Crippen MR) is 141 cm³/mol. The number of aromatic nitrogens is 4. The molecular weight excluding hydrogens is 519 g/mol. The summed E-state index contributed by atoms with van der Waals surface area (Å²) in [6.07, 6.45) is 9.57. The van der Waals surface area contributed by atoms with Crippen LogP contribution in [0.1, 0.15) is 26.5 Å². The number of benzene rings is 1. The minimum absolute atomic E-state index is 0.0685. The predicted octanol–water partition coefficient (Wildman–Crippen LogP) is 2.97. The van der Waals surface area contributed by atoms with Crippen LogP contribution in [0.3, 0.4) is 0 Å².